The maximum absolute atomic E-state index is 11.1. The predicted octanol–water partition coefficient (Wildman–Crippen LogP) is 5.45. The van der Waals surface area contributed by atoms with Gasteiger partial charge in [-0.2, -0.15) is 0 Å². The Labute approximate surface area is 140 Å². The summed E-state index contributed by atoms with van der Waals surface area (Å²) in [6.07, 6.45) is 0. The lowest BCUT2D eigenvalue weighted by molar-refractivity contribution is -0.384. The fraction of sp³-hybridized carbons (Fsp3) is 0. The van der Waals surface area contributed by atoms with Crippen LogP contribution in [0, 0.1) is 10.1 Å². The number of benzene rings is 3. The van der Waals surface area contributed by atoms with Gasteiger partial charge in [-0.3, -0.25) is 10.1 Å². The van der Waals surface area contributed by atoms with E-state index in [1.54, 1.807) is 12.1 Å². The molecule has 0 amide bonds. The molecule has 0 fully saturated rings. The number of para-hydroxylation sites is 1. The summed E-state index contributed by atoms with van der Waals surface area (Å²) in [5, 5.41) is 13.0. The van der Waals surface area contributed by atoms with Gasteiger partial charge in [-0.15, -0.1) is 0 Å². The number of aromatic nitrogens is 1. The summed E-state index contributed by atoms with van der Waals surface area (Å²) in [6, 6.07) is 21.0. The average molecular weight is 367 g/mol. The molecule has 1 aromatic heterocycles. The average Bonchev–Trinajstić information content (AvgIpc) is 2.89. The Morgan fingerprint density at radius 3 is 2.30 bits per heavy atom. The Kier molecular flexibility index (Phi) is 3.16. The standard InChI is InChI=1S/C18H11BrN2O2/c19-12-5-7-13(8-6-12)20-17-4-2-1-3-15(17)16-11-14(21(22)23)9-10-18(16)20/h1-11H. The summed E-state index contributed by atoms with van der Waals surface area (Å²) < 4.78 is 3.14. The molecule has 0 unspecified atom stereocenters. The third-order valence-corrected chi connectivity index (χ3v) is 4.48. The van der Waals surface area contributed by atoms with Crippen molar-refractivity contribution >= 4 is 43.4 Å². The van der Waals surface area contributed by atoms with E-state index < -0.39 is 0 Å². The molecule has 3 aromatic carbocycles. The van der Waals surface area contributed by atoms with Crippen molar-refractivity contribution in [2.24, 2.45) is 0 Å². The van der Waals surface area contributed by atoms with Crippen molar-refractivity contribution < 1.29 is 4.92 Å². The van der Waals surface area contributed by atoms with Crippen LogP contribution < -0.4 is 0 Å². The molecule has 4 aromatic rings. The van der Waals surface area contributed by atoms with Crippen LogP contribution in [0.15, 0.2) is 71.2 Å². The van der Waals surface area contributed by atoms with Crippen molar-refractivity contribution in [3.8, 4) is 5.69 Å². The number of non-ortho nitro benzene ring substituents is 1. The lowest BCUT2D eigenvalue weighted by atomic mass is 10.1. The monoisotopic (exact) mass is 366 g/mol. The molecular weight excluding hydrogens is 356 g/mol. The highest BCUT2D eigenvalue weighted by molar-refractivity contribution is 9.10. The first kappa shape index (κ1) is 14.0. The first-order chi connectivity index (χ1) is 11.1. The molecule has 0 radical (unpaired) electrons. The molecule has 23 heavy (non-hydrogen) atoms. The fourth-order valence-corrected chi connectivity index (χ4v) is 3.21. The Bertz CT molecular complexity index is 1050. The van der Waals surface area contributed by atoms with Crippen LogP contribution in [-0.2, 0) is 0 Å². The molecule has 0 atom stereocenters. The number of nitro groups is 1. The van der Waals surface area contributed by atoms with Gasteiger partial charge in [0, 0.05) is 33.1 Å². The summed E-state index contributed by atoms with van der Waals surface area (Å²) in [5.74, 6) is 0. The minimum Gasteiger partial charge on any atom is -0.309 e. The molecule has 0 aliphatic heterocycles. The molecule has 0 saturated heterocycles. The van der Waals surface area contributed by atoms with Gasteiger partial charge in [0.15, 0.2) is 0 Å². The summed E-state index contributed by atoms with van der Waals surface area (Å²) in [7, 11) is 0. The molecule has 0 spiro atoms. The van der Waals surface area contributed by atoms with Gasteiger partial charge in [0.05, 0.1) is 16.0 Å². The molecule has 0 bridgehead atoms. The number of nitrogens with zero attached hydrogens (tertiary/aromatic N) is 2. The highest BCUT2D eigenvalue weighted by Crippen LogP contribution is 2.34. The van der Waals surface area contributed by atoms with E-state index in [0.717, 1.165) is 32.0 Å². The second-order valence-electron chi connectivity index (χ2n) is 5.29. The molecule has 112 valence electrons. The molecule has 1 heterocycles. The topological polar surface area (TPSA) is 48.1 Å². The minimum absolute atomic E-state index is 0.108. The molecule has 5 heteroatoms. The van der Waals surface area contributed by atoms with Gasteiger partial charge in [0.25, 0.3) is 5.69 Å². The van der Waals surface area contributed by atoms with E-state index in [1.165, 1.54) is 0 Å². The van der Waals surface area contributed by atoms with Gasteiger partial charge in [-0.25, -0.2) is 0 Å². The van der Waals surface area contributed by atoms with E-state index in [-0.39, 0.29) is 10.6 Å². The molecule has 4 nitrogen and oxygen atoms in total. The van der Waals surface area contributed by atoms with E-state index in [1.807, 2.05) is 54.6 Å². The molecular formula is C18H11BrN2O2. The van der Waals surface area contributed by atoms with Crippen LogP contribution in [0.4, 0.5) is 5.69 Å². The second-order valence-corrected chi connectivity index (χ2v) is 6.20. The summed E-state index contributed by atoms with van der Waals surface area (Å²) >= 11 is 3.45. The molecule has 4 rings (SSSR count). The highest BCUT2D eigenvalue weighted by Gasteiger charge is 2.15. The van der Waals surface area contributed by atoms with Crippen LogP contribution in [0.25, 0.3) is 27.5 Å². The first-order valence-electron chi connectivity index (χ1n) is 7.09. The van der Waals surface area contributed by atoms with Crippen molar-refractivity contribution in [3.63, 3.8) is 0 Å². The number of hydrogen-bond donors (Lipinski definition) is 0. The van der Waals surface area contributed by atoms with E-state index in [0.29, 0.717) is 0 Å². The lowest BCUT2D eigenvalue weighted by Gasteiger charge is -2.07. The Balaban J connectivity index is 2.13. The van der Waals surface area contributed by atoms with Crippen molar-refractivity contribution in [1.82, 2.24) is 4.57 Å². The molecule has 0 aliphatic carbocycles. The molecule has 0 N–H and O–H groups in total. The van der Waals surface area contributed by atoms with Crippen LogP contribution in [0.5, 0.6) is 0 Å². The summed E-state index contributed by atoms with van der Waals surface area (Å²) in [4.78, 5) is 10.7. The maximum Gasteiger partial charge on any atom is 0.270 e. The van der Waals surface area contributed by atoms with Crippen molar-refractivity contribution in [2.75, 3.05) is 0 Å². The molecule has 0 saturated carbocycles. The van der Waals surface area contributed by atoms with Gasteiger partial charge < -0.3 is 4.57 Å². The normalized spacial score (nSPS) is 11.2. The molecule has 0 aliphatic rings. The fourth-order valence-electron chi connectivity index (χ4n) is 2.94. The Morgan fingerprint density at radius 1 is 0.870 bits per heavy atom. The Hall–Kier alpha value is -2.66. The van der Waals surface area contributed by atoms with Crippen LogP contribution in [-0.4, -0.2) is 9.49 Å². The lowest BCUT2D eigenvalue weighted by Crippen LogP contribution is -1.93. The van der Waals surface area contributed by atoms with Gasteiger partial charge in [-0.1, -0.05) is 34.1 Å². The predicted molar refractivity (Wildman–Crippen MR) is 95.1 cm³/mol. The highest BCUT2D eigenvalue weighted by atomic mass is 79.9. The van der Waals surface area contributed by atoms with Gasteiger partial charge in [0.2, 0.25) is 0 Å². The largest absolute Gasteiger partial charge is 0.309 e. The van der Waals surface area contributed by atoms with Crippen LogP contribution in [0.1, 0.15) is 0 Å². The van der Waals surface area contributed by atoms with E-state index in [9.17, 15) is 10.1 Å². The third-order valence-electron chi connectivity index (χ3n) is 3.95. The minimum atomic E-state index is -0.356. The zero-order valence-corrected chi connectivity index (χ0v) is 13.5. The zero-order chi connectivity index (χ0) is 16.0. The van der Waals surface area contributed by atoms with Gasteiger partial charge in [-0.05, 0) is 36.4 Å². The number of hydrogen-bond acceptors (Lipinski definition) is 2. The number of nitro benzene ring substituents is 1. The number of halogens is 1. The van der Waals surface area contributed by atoms with Gasteiger partial charge in [0.1, 0.15) is 0 Å². The van der Waals surface area contributed by atoms with Crippen molar-refractivity contribution in [2.45, 2.75) is 0 Å². The summed E-state index contributed by atoms with van der Waals surface area (Å²) in [6.45, 7) is 0. The van der Waals surface area contributed by atoms with E-state index in [2.05, 4.69) is 20.5 Å². The third kappa shape index (κ3) is 2.21. The van der Waals surface area contributed by atoms with Gasteiger partial charge >= 0.3 is 0 Å². The van der Waals surface area contributed by atoms with E-state index in [4.69, 9.17) is 0 Å². The summed E-state index contributed by atoms with van der Waals surface area (Å²) in [5.41, 5.74) is 3.12. The first-order valence-corrected chi connectivity index (χ1v) is 7.88. The number of fused-ring (bicyclic) bond motifs is 3. The SMILES string of the molecule is O=[N+]([O-])c1ccc2c(c1)c1ccccc1n2-c1ccc(Br)cc1. The van der Waals surface area contributed by atoms with Crippen molar-refractivity contribution in [3.05, 3.63) is 81.3 Å². The maximum atomic E-state index is 11.1. The Morgan fingerprint density at radius 2 is 1.57 bits per heavy atom. The smallest absolute Gasteiger partial charge is 0.270 e. The second kappa shape index (κ2) is 5.21. The van der Waals surface area contributed by atoms with Crippen LogP contribution in [0.3, 0.4) is 0 Å². The van der Waals surface area contributed by atoms with Crippen LogP contribution in [0.2, 0.25) is 0 Å². The number of rotatable bonds is 2. The van der Waals surface area contributed by atoms with Crippen LogP contribution >= 0.6 is 15.9 Å². The zero-order valence-electron chi connectivity index (χ0n) is 11.9. The quantitative estimate of drug-likeness (QED) is 0.349. The van der Waals surface area contributed by atoms with Crippen molar-refractivity contribution in [1.29, 1.82) is 0 Å². The van der Waals surface area contributed by atoms with E-state index >= 15 is 0 Å².